The molecule has 0 aromatic heterocycles. The lowest BCUT2D eigenvalue weighted by Gasteiger charge is -2.35. The van der Waals surface area contributed by atoms with E-state index < -0.39 is 36.4 Å². The molecule has 29 heavy (non-hydrogen) atoms. The molecule has 8 heteroatoms. The molecule has 2 N–H and O–H groups in total. The van der Waals surface area contributed by atoms with Crippen molar-refractivity contribution >= 4 is 20.0 Å². The number of unbranched alkanes of at least 4 members (excludes halogenated alkanes) is 1. The van der Waals surface area contributed by atoms with Crippen molar-refractivity contribution in [2.75, 3.05) is 5.75 Å². The summed E-state index contributed by atoms with van der Waals surface area (Å²) in [5.74, 6) is -0.123. The SMILES string of the molecule is CCCC[C@@]1(CC)CS(=O)(=O)c2cc(S(=O)(=O)O)ccc2[C@H](c2ccccc2)N1. The van der Waals surface area contributed by atoms with Gasteiger partial charge in [0.05, 0.1) is 21.6 Å². The van der Waals surface area contributed by atoms with Gasteiger partial charge in [-0.05, 0) is 36.1 Å². The van der Waals surface area contributed by atoms with Crippen molar-refractivity contribution in [1.29, 1.82) is 0 Å². The molecule has 2 atom stereocenters. The Morgan fingerprint density at radius 1 is 1.14 bits per heavy atom. The number of benzene rings is 2. The number of hydrogen-bond donors (Lipinski definition) is 2. The second kappa shape index (κ2) is 8.18. The summed E-state index contributed by atoms with van der Waals surface area (Å²) >= 11 is 0. The van der Waals surface area contributed by atoms with Gasteiger partial charge in [0, 0.05) is 5.54 Å². The van der Waals surface area contributed by atoms with Gasteiger partial charge in [-0.3, -0.25) is 9.87 Å². The van der Waals surface area contributed by atoms with Gasteiger partial charge in [-0.2, -0.15) is 8.42 Å². The molecule has 0 aliphatic carbocycles. The maximum absolute atomic E-state index is 13.4. The Hall–Kier alpha value is -1.74. The van der Waals surface area contributed by atoms with Crippen LogP contribution >= 0.6 is 0 Å². The quantitative estimate of drug-likeness (QED) is 0.668. The molecule has 0 saturated carbocycles. The molecule has 2 aromatic carbocycles. The minimum Gasteiger partial charge on any atom is -0.300 e. The van der Waals surface area contributed by atoms with Gasteiger partial charge in [-0.25, -0.2) is 8.42 Å². The van der Waals surface area contributed by atoms with Crippen LogP contribution in [0.1, 0.15) is 56.7 Å². The first-order valence-corrected chi connectivity index (χ1v) is 12.9. The lowest BCUT2D eigenvalue weighted by molar-refractivity contribution is 0.295. The predicted octanol–water partition coefficient (Wildman–Crippen LogP) is 3.74. The van der Waals surface area contributed by atoms with Crippen LogP contribution in [0.15, 0.2) is 58.3 Å². The second-order valence-corrected chi connectivity index (χ2v) is 11.0. The summed E-state index contributed by atoms with van der Waals surface area (Å²) in [4.78, 5) is -0.454. The highest BCUT2D eigenvalue weighted by atomic mass is 32.2. The van der Waals surface area contributed by atoms with E-state index in [1.807, 2.05) is 37.3 Å². The Morgan fingerprint density at radius 3 is 2.41 bits per heavy atom. The maximum atomic E-state index is 13.4. The van der Waals surface area contributed by atoms with Crippen LogP contribution in [0.3, 0.4) is 0 Å². The number of sulfone groups is 1. The predicted molar refractivity (Wildman–Crippen MR) is 112 cm³/mol. The first-order valence-electron chi connectivity index (χ1n) is 9.79. The highest BCUT2D eigenvalue weighted by Crippen LogP contribution is 2.38. The average molecular weight is 438 g/mol. The summed E-state index contributed by atoms with van der Waals surface area (Å²) in [7, 11) is -8.30. The van der Waals surface area contributed by atoms with Crippen LogP contribution in [-0.4, -0.2) is 32.7 Å². The Balaban J connectivity index is 2.26. The number of hydrogen-bond acceptors (Lipinski definition) is 5. The highest BCUT2D eigenvalue weighted by molar-refractivity contribution is 7.91. The molecule has 0 unspecified atom stereocenters. The van der Waals surface area contributed by atoms with Crippen molar-refractivity contribution in [2.45, 2.75) is 60.9 Å². The fourth-order valence-corrected chi connectivity index (χ4v) is 6.75. The fraction of sp³-hybridized carbons (Fsp3) is 0.429. The molecule has 0 spiro atoms. The third kappa shape index (κ3) is 4.55. The largest absolute Gasteiger partial charge is 0.300 e. The Bertz CT molecular complexity index is 1080. The van der Waals surface area contributed by atoms with Gasteiger partial charge in [-0.1, -0.05) is 63.1 Å². The molecule has 3 rings (SSSR count). The van der Waals surface area contributed by atoms with Crippen molar-refractivity contribution in [2.24, 2.45) is 0 Å². The van der Waals surface area contributed by atoms with Gasteiger partial charge < -0.3 is 0 Å². The molecule has 2 aromatic rings. The van der Waals surface area contributed by atoms with Crippen molar-refractivity contribution in [3.63, 3.8) is 0 Å². The zero-order valence-corrected chi connectivity index (χ0v) is 18.3. The molecule has 0 radical (unpaired) electrons. The van der Waals surface area contributed by atoms with E-state index in [4.69, 9.17) is 0 Å². The molecule has 1 aliphatic heterocycles. The third-order valence-electron chi connectivity index (χ3n) is 5.66. The molecule has 0 fully saturated rings. The van der Waals surface area contributed by atoms with Crippen molar-refractivity contribution < 1.29 is 21.4 Å². The summed E-state index contributed by atoms with van der Waals surface area (Å²) in [6.45, 7) is 4.04. The zero-order chi connectivity index (χ0) is 21.3. The van der Waals surface area contributed by atoms with Crippen LogP contribution in [0.25, 0.3) is 0 Å². The topological polar surface area (TPSA) is 101 Å². The van der Waals surface area contributed by atoms with Gasteiger partial charge in [0.25, 0.3) is 10.1 Å². The minimum atomic E-state index is -4.51. The van der Waals surface area contributed by atoms with E-state index in [9.17, 15) is 21.4 Å². The van der Waals surface area contributed by atoms with Gasteiger partial charge in [-0.15, -0.1) is 0 Å². The van der Waals surface area contributed by atoms with E-state index in [-0.39, 0.29) is 10.6 Å². The molecule has 158 valence electrons. The summed E-state index contributed by atoms with van der Waals surface area (Å²) < 4.78 is 59.5. The highest BCUT2D eigenvalue weighted by Gasteiger charge is 2.42. The summed E-state index contributed by atoms with van der Waals surface area (Å²) in [5, 5.41) is 3.61. The first-order chi connectivity index (χ1) is 13.6. The molecular formula is C21H27NO5S2. The Kier molecular flexibility index (Phi) is 6.19. The summed E-state index contributed by atoms with van der Waals surface area (Å²) in [6.07, 6.45) is 3.14. The van der Waals surface area contributed by atoms with Crippen LogP contribution < -0.4 is 5.32 Å². The van der Waals surface area contributed by atoms with Crippen molar-refractivity contribution in [1.82, 2.24) is 5.32 Å². The Labute approximate surface area is 173 Å². The lowest BCUT2D eigenvalue weighted by atomic mass is 9.88. The summed E-state index contributed by atoms with van der Waals surface area (Å²) in [5.41, 5.74) is 0.766. The van der Waals surface area contributed by atoms with Gasteiger partial charge in [0.2, 0.25) is 0 Å². The molecule has 0 bridgehead atoms. The Morgan fingerprint density at radius 2 is 1.83 bits per heavy atom. The van der Waals surface area contributed by atoms with Crippen LogP contribution in [0.2, 0.25) is 0 Å². The van der Waals surface area contributed by atoms with E-state index in [1.54, 1.807) is 0 Å². The molecular weight excluding hydrogens is 410 g/mol. The van der Waals surface area contributed by atoms with Crippen LogP contribution in [0.5, 0.6) is 0 Å². The summed E-state index contributed by atoms with van der Waals surface area (Å²) in [6, 6.07) is 13.0. The molecule has 6 nitrogen and oxygen atoms in total. The van der Waals surface area contributed by atoms with Gasteiger partial charge in [0.15, 0.2) is 9.84 Å². The van der Waals surface area contributed by atoms with Crippen LogP contribution in [-0.2, 0) is 20.0 Å². The van der Waals surface area contributed by atoms with Gasteiger partial charge in [0.1, 0.15) is 0 Å². The van der Waals surface area contributed by atoms with Gasteiger partial charge >= 0.3 is 0 Å². The van der Waals surface area contributed by atoms with E-state index in [2.05, 4.69) is 12.2 Å². The normalized spacial score (nSPS) is 23.9. The monoisotopic (exact) mass is 437 g/mol. The maximum Gasteiger partial charge on any atom is 0.294 e. The van der Waals surface area contributed by atoms with Crippen molar-refractivity contribution in [3.05, 3.63) is 59.7 Å². The first kappa shape index (κ1) is 22.0. The van der Waals surface area contributed by atoms with E-state index >= 15 is 0 Å². The van der Waals surface area contributed by atoms with Crippen LogP contribution in [0, 0.1) is 0 Å². The number of nitrogens with one attached hydrogen (secondary N) is 1. The van der Waals surface area contributed by atoms with Crippen LogP contribution in [0.4, 0.5) is 0 Å². The smallest absolute Gasteiger partial charge is 0.294 e. The number of rotatable bonds is 6. The average Bonchev–Trinajstić information content (AvgIpc) is 2.79. The fourth-order valence-electron chi connectivity index (χ4n) is 4.00. The molecule has 0 saturated heterocycles. The molecule has 0 amide bonds. The van der Waals surface area contributed by atoms with E-state index in [0.29, 0.717) is 18.4 Å². The lowest BCUT2D eigenvalue weighted by Crippen LogP contribution is -2.50. The minimum absolute atomic E-state index is 0.0409. The molecule has 1 heterocycles. The van der Waals surface area contributed by atoms with E-state index in [1.165, 1.54) is 12.1 Å². The van der Waals surface area contributed by atoms with Crippen molar-refractivity contribution in [3.8, 4) is 0 Å². The number of fused-ring (bicyclic) bond motifs is 1. The second-order valence-electron chi connectivity index (χ2n) is 7.66. The molecule has 1 aliphatic rings. The van der Waals surface area contributed by atoms with E-state index in [0.717, 1.165) is 24.5 Å². The third-order valence-corrected chi connectivity index (χ3v) is 8.47. The zero-order valence-electron chi connectivity index (χ0n) is 16.6. The standard InChI is InChI=1S/C21H27NO5S2/c1-3-5-13-21(4-2)15-28(23,24)19-14-17(29(25,26)27)11-12-18(19)20(22-21)16-9-7-6-8-10-16/h6-12,14,20,22H,3-5,13,15H2,1-2H3,(H,25,26,27)/t20-,21-/m0/s1.